The molecule has 0 amide bonds. The molecule has 0 spiro atoms. The van der Waals surface area contributed by atoms with Crippen molar-refractivity contribution in [2.24, 2.45) is 4.99 Å². The number of alkyl halides is 3. The van der Waals surface area contributed by atoms with Crippen LogP contribution in [-0.4, -0.2) is 37.9 Å². The van der Waals surface area contributed by atoms with E-state index in [0.29, 0.717) is 11.1 Å². The zero-order valence-electron chi connectivity index (χ0n) is 17.6. The Morgan fingerprint density at radius 3 is 2.47 bits per heavy atom. The molecule has 0 heterocycles. The number of ether oxygens (including phenoxy) is 2. The van der Waals surface area contributed by atoms with Crippen molar-refractivity contribution in [1.82, 2.24) is 4.90 Å². The summed E-state index contributed by atoms with van der Waals surface area (Å²) in [6.07, 6.45) is -2.79. The standard InChI is InChI=1S/C22H25F3N2O3/c1-6-27(4)13-26-19-10-14(2)18(9-15(19)3)21(28)30-12-16-11-17(22(23,24)25)7-8-20(16)29-5/h7-11,13H,6,12H2,1-5H3. The molecule has 0 radical (unpaired) electrons. The maximum Gasteiger partial charge on any atom is 0.416 e. The summed E-state index contributed by atoms with van der Waals surface area (Å²) in [6.45, 7) is 6.05. The summed E-state index contributed by atoms with van der Waals surface area (Å²) in [6, 6.07) is 6.50. The molecule has 0 saturated heterocycles. The van der Waals surface area contributed by atoms with Crippen molar-refractivity contribution >= 4 is 18.0 Å². The second-order valence-electron chi connectivity index (χ2n) is 6.87. The van der Waals surface area contributed by atoms with Gasteiger partial charge in [-0.3, -0.25) is 0 Å². The van der Waals surface area contributed by atoms with Crippen molar-refractivity contribution in [1.29, 1.82) is 0 Å². The van der Waals surface area contributed by atoms with Gasteiger partial charge >= 0.3 is 12.1 Å². The Kier molecular flexibility index (Phi) is 7.48. The minimum Gasteiger partial charge on any atom is -0.496 e. The molecule has 0 saturated carbocycles. The average molecular weight is 422 g/mol. The van der Waals surface area contributed by atoms with Gasteiger partial charge in [0, 0.05) is 19.2 Å². The summed E-state index contributed by atoms with van der Waals surface area (Å²) in [5, 5.41) is 0. The molecule has 0 bridgehead atoms. The molecule has 0 fully saturated rings. The van der Waals surface area contributed by atoms with Crippen LogP contribution in [0.2, 0.25) is 0 Å². The molecule has 2 aromatic carbocycles. The number of halogens is 3. The lowest BCUT2D eigenvalue weighted by molar-refractivity contribution is -0.137. The maximum absolute atomic E-state index is 13.0. The second kappa shape index (κ2) is 9.65. The lowest BCUT2D eigenvalue weighted by atomic mass is 10.0. The molecular formula is C22H25F3N2O3. The molecule has 2 rings (SSSR count). The predicted molar refractivity (Wildman–Crippen MR) is 109 cm³/mol. The van der Waals surface area contributed by atoms with E-state index in [0.717, 1.165) is 29.9 Å². The molecule has 162 valence electrons. The normalized spacial score (nSPS) is 11.6. The Hall–Kier alpha value is -3.03. The van der Waals surface area contributed by atoms with Gasteiger partial charge in [-0.2, -0.15) is 13.2 Å². The van der Waals surface area contributed by atoms with Crippen LogP contribution in [0.4, 0.5) is 18.9 Å². The van der Waals surface area contributed by atoms with Crippen molar-refractivity contribution in [3.63, 3.8) is 0 Å². The lowest BCUT2D eigenvalue weighted by Gasteiger charge is -2.14. The molecule has 0 unspecified atom stereocenters. The highest BCUT2D eigenvalue weighted by Gasteiger charge is 2.31. The first-order chi connectivity index (χ1) is 14.1. The topological polar surface area (TPSA) is 51.1 Å². The van der Waals surface area contributed by atoms with Crippen molar-refractivity contribution in [2.75, 3.05) is 20.7 Å². The number of esters is 1. The molecule has 0 aromatic heterocycles. The van der Waals surface area contributed by atoms with Crippen LogP contribution in [0.15, 0.2) is 35.3 Å². The first kappa shape index (κ1) is 23.3. The number of aryl methyl sites for hydroxylation is 2. The van der Waals surface area contributed by atoms with Crippen LogP contribution < -0.4 is 4.74 Å². The third-order valence-corrected chi connectivity index (χ3v) is 4.62. The molecule has 0 aliphatic rings. The van der Waals surface area contributed by atoms with Crippen LogP contribution >= 0.6 is 0 Å². The first-order valence-electron chi connectivity index (χ1n) is 9.33. The van der Waals surface area contributed by atoms with E-state index in [2.05, 4.69) is 4.99 Å². The number of rotatable bonds is 7. The van der Waals surface area contributed by atoms with Gasteiger partial charge in [-0.25, -0.2) is 9.79 Å². The molecule has 0 N–H and O–H groups in total. The number of methoxy groups -OCH3 is 1. The summed E-state index contributed by atoms with van der Waals surface area (Å²) >= 11 is 0. The smallest absolute Gasteiger partial charge is 0.416 e. The van der Waals surface area contributed by atoms with Gasteiger partial charge in [0.1, 0.15) is 12.4 Å². The Labute approximate surface area is 174 Å². The minimum atomic E-state index is -4.50. The Balaban J connectivity index is 2.21. The van der Waals surface area contributed by atoms with E-state index in [1.54, 1.807) is 25.4 Å². The van der Waals surface area contributed by atoms with Gasteiger partial charge in [-0.1, -0.05) is 0 Å². The van der Waals surface area contributed by atoms with E-state index in [1.165, 1.54) is 13.2 Å². The fourth-order valence-corrected chi connectivity index (χ4v) is 2.69. The molecule has 0 aliphatic carbocycles. The van der Waals surface area contributed by atoms with Crippen molar-refractivity contribution in [2.45, 2.75) is 33.6 Å². The Morgan fingerprint density at radius 1 is 1.17 bits per heavy atom. The molecular weight excluding hydrogens is 397 g/mol. The van der Waals surface area contributed by atoms with Crippen molar-refractivity contribution in [3.8, 4) is 5.75 Å². The van der Waals surface area contributed by atoms with Gasteiger partial charge in [0.2, 0.25) is 0 Å². The van der Waals surface area contributed by atoms with Gasteiger partial charge in [0.05, 0.1) is 30.3 Å². The largest absolute Gasteiger partial charge is 0.496 e. The maximum atomic E-state index is 13.0. The van der Waals surface area contributed by atoms with Crippen LogP contribution in [0.25, 0.3) is 0 Å². The number of hydrogen-bond donors (Lipinski definition) is 0. The van der Waals surface area contributed by atoms with Crippen LogP contribution in [-0.2, 0) is 17.5 Å². The number of hydrogen-bond acceptors (Lipinski definition) is 4. The zero-order valence-corrected chi connectivity index (χ0v) is 17.6. The quantitative estimate of drug-likeness (QED) is 0.345. The molecule has 0 atom stereocenters. The number of benzene rings is 2. The summed E-state index contributed by atoms with van der Waals surface area (Å²) in [5.41, 5.74) is 1.81. The average Bonchev–Trinajstić information content (AvgIpc) is 2.70. The highest BCUT2D eigenvalue weighted by atomic mass is 19.4. The van der Waals surface area contributed by atoms with Gasteiger partial charge < -0.3 is 14.4 Å². The van der Waals surface area contributed by atoms with Crippen LogP contribution in [0.5, 0.6) is 5.75 Å². The van der Waals surface area contributed by atoms with E-state index in [1.807, 2.05) is 25.8 Å². The van der Waals surface area contributed by atoms with E-state index < -0.39 is 17.7 Å². The van der Waals surface area contributed by atoms with E-state index >= 15 is 0 Å². The van der Waals surface area contributed by atoms with Gasteiger partial charge in [-0.15, -0.1) is 0 Å². The van der Waals surface area contributed by atoms with Crippen LogP contribution in [0.3, 0.4) is 0 Å². The van der Waals surface area contributed by atoms with Crippen molar-refractivity contribution in [3.05, 3.63) is 58.1 Å². The first-order valence-corrected chi connectivity index (χ1v) is 9.33. The highest BCUT2D eigenvalue weighted by molar-refractivity contribution is 5.92. The summed E-state index contributed by atoms with van der Waals surface area (Å²) < 4.78 is 49.3. The van der Waals surface area contributed by atoms with Gasteiger partial charge in [-0.05, 0) is 62.2 Å². The molecule has 5 nitrogen and oxygen atoms in total. The predicted octanol–water partition coefficient (Wildman–Crippen LogP) is 5.30. The molecule has 8 heteroatoms. The van der Waals surface area contributed by atoms with Crippen LogP contribution in [0.1, 0.15) is 39.5 Å². The third-order valence-electron chi connectivity index (χ3n) is 4.62. The van der Waals surface area contributed by atoms with E-state index in [-0.39, 0.29) is 17.9 Å². The van der Waals surface area contributed by atoms with Crippen molar-refractivity contribution < 1.29 is 27.4 Å². The summed E-state index contributed by atoms with van der Waals surface area (Å²) in [5.74, 6) is -0.412. The second-order valence-corrected chi connectivity index (χ2v) is 6.87. The van der Waals surface area contributed by atoms with Gasteiger partial charge in [0.25, 0.3) is 0 Å². The zero-order chi connectivity index (χ0) is 22.5. The summed E-state index contributed by atoms with van der Waals surface area (Å²) in [4.78, 5) is 18.9. The monoisotopic (exact) mass is 422 g/mol. The van der Waals surface area contributed by atoms with Gasteiger partial charge in [0.15, 0.2) is 0 Å². The molecule has 0 aliphatic heterocycles. The number of carbonyl (C=O) groups is 1. The van der Waals surface area contributed by atoms with Crippen LogP contribution in [0, 0.1) is 13.8 Å². The molecule has 30 heavy (non-hydrogen) atoms. The number of nitrogens with zero attached hydrogens (tertiary/aromatic N) is 2. The molecule has 2 aromatic rings. The third kappa shape index (κ3) is 5.75. The number of carbonyl (C=O) groups excluding carboxylic acids is 1. The van der Waals surface area contributed by atoms with E-state index in [9.17, 15) is 18.0 Å². The minimum absolute atomic E-state index is 0.138. The summed E-state index contributed by atoms with van der Waals surface area (Å²) in [7, 11) is 3.25. The fourth-order valence-electron chi connectivity index (χ4n) is 2.69. The Morgan fingerprint density at radius 2 is 1.87 bits per heavy atom. The fraction of sp³-hybridized carbons (Fsp3) is 0.364. The SMILES string of the molecule is CCN(C)C=Nc1cc(C)c(C(=O)OCc2cc(C(F)(F)F)ccc2OC)cc1C. The lowest BCUT2D eigenvalue weighted by Crippen LogP contribution is -2.14. The number of aliphatic imine (C=N–C) groups is 1. The highest BCUT2D eigenvalue weighted by Crippen LogP contribution is 2.33. The van der Waals surface area contributed by atoms with E-state index in [4.69, 9.17) is 9.47 Å². The Bertz CT molecular complexity index is 940.